The number of benzene rings is 1. The number of methoxy groups -OCH3 is 1. The van der Waals surface area contributed by atoms with Crippen LogP contribution in [0.5, 0.6) is 5.75 Å². The molecular formula is C18H27NO2. The van der Waals surface area contributed by atoms with Crippen LogP contribution < -0.4 is 10.5 Å². The van der Waals surface area contributed by atoms with Gasteiger partial charge < -0.3 is 15.6 Å². The molecule has 116 valence electrons. The summed E-state index contributed by atoms with van der Waals surface area (Å²) in [5.41, 5.74) is 8.28. The van der Waals surface area contributed by atoms with Gasteiger partial charge in [0.1, 0.15) is 5.75 Å². The summed E-state index contributed by atoms with van der Waals surface area (Å²) in [6.45, 7) is 2.54. The molecule has 21 heavy (non-hydrogen) atoms. The fourth-order valence-corrected chi connectivity index (χ4v) is 4.60. The number of aliphatic hydroxyl groups is 1. The van der Waals surface area contributed by atoms with Crippen LogP contribution in [0.15, 0.2) is 18.2 Å². The molecule has 2 fully saturated rings. The normalized spacial score (nSPS) is 30.4. The lowest BCUT2D eigenvalue weighted by atomic mass is 9.77. The first-order chi connectivity index (χ1) is 10.1. The summed E-state index contributed by atoms with van der Waals surface area (Å²) >= 11 is 0. The molecule has 3 nitrogen and oxygen atoms in total. The number of hydrogen-bond acceptors (Lipinski definition) is 3. The van der Waals surface area contributed by atoms with Gasteiger partial charge in [-0.3, -0.25) is 0 Å². The highest BCUT2D eigenvalue weighted by atomic mass is 16.5. The monoisotopic (exact) mass is 289 g/mol. The quantitative estimate of drug-likeness (QED) is 0.876. The van der Waals surface area contributed by atoms with E-state index in [1.165, 1.54) is 31.2 Å². The number of fused-ring (bicyclic) bond motifs is 2. The Bertz CT molecular complexity index is 502. The van der Waals surface area contributed by atoms with E-state index in [0.717, 1.165) is 17.2 Å². The molecule has 0 heterocycles. The number of rotatable bonds is 5. The molecule has 3 rings (SSSR count). The van der Waals surface area contributed by atoms with Crippen LogP contribution in [0.25, 0.3) is 0 Å². The minimum absolute atomic E-state index is 0.0239. The lowest BCUT2D eigenvalue weighted by Crippen LogP contribution is -2.35. The molecule has 3 N–H and O–H groups in total. The maximum absolute atomic E-state index is 11.0. The van der Waals surface area contributed by atoms with Crippen molar-refractivity contribution in [3.63, 3.8) is 0 Å². The highest BCUT2D eigenvalue weighted by molar-refractivity contribution is 5.40. The molecule has 3 heteroatoms. The van der Waals surface area contributed by atoms with Gasteiger partial charge in [-0.2, -0.15) is 0 Å². The fourth-order valence-electron chi connectivity index (χ4n) is 4.60. The predicted octanol–water partition coefficient (Wildman–Crippen LogP) is 2.84. The van der Waals surface area contributed by atoms with E-state index >= 15 is 0 Å². The Hall–Kier alpha value is -1.06. The summed E-state index contributed by atoms with van der Waals surface area (Å²) in [4.78, 5) is 0. The van der Waals surface area contributed by atoms with Crippen molar-refractivity contribution in [2.45, 2.75) is 44.6 Å². The smallest absolute Gasteiger partial charge is 0.122 e. The van der Waals surface area contributed by atoms with Gasteiger partial charge in [0.2, 0.25) is 0 Å². The first kappa shape index (κ1) is 14.9. The predicted molar refractivity (Wildman–Crippen MR) is 84.5 cm³/mol. The van der Waals surface area contributed by atoms with Gasteiger partial charge in [0.25, 0.3) is 0 Å². The molecule has 0 spiro atoms. The average molecular weight is 289 g/mol. The van der Waals surface area contributed by atoms with Gasteiger partial charge in [0, 0.05) is 18.0 Å². The Morgan fingerprint density at radius 3 is 2.71 bits per heavy atom. The number of hydrogen-bond donors (Lipinski definition) is 2. The maximum atomic E-state index is 11.0. The molecule has 2 aliphatic carbocycles. The Morgan fingerprint density at radius 1 is 1.33 bits per heavy atom. The van der Waals surface area contributed by atoms with Gasteiger partial charge in [-0.1, -0.05) is 24.1 Å². The summed E-state index contributed by atoms with van der Waals surface area (Å²) in [6, 6.07) is 6.15. The third-order valence-electron chi connectivity index (χ3n) is 5.68. The zero-order valence-corrected chi connectivity index (χ0v) is 13.1. The van der Waals surface area contributed by atoms with Gasteiger partial charge in [-0.25, -0.2) is 0 Å². The van der Waals surface area contributed by atoms with Gasteiger partial charge in [-0.15, -0.1) is 0 Å². The summed E-state index contributed by atoms with van der Waals surface area (Å²) < 4.78 is 5.49. The SMILES string of the molecule is COc1ccc(C)cc1C(CN)C(O)C1CC2CCC1C2. The molecule has 2 bridgehead atoms. The Kier molecular flexibility index (Phi) is 4.23. The molecule has 0 aliphatic heterocycles. The minimum Gasteiger partial charge on any atom is -0.496 e. The highest BCUT2D eigenvalue weighted by Gasteiger charge is 2.45. The van der Waals surface area contributed by atoms with Crippen molar-refractivity contribution in [1.29, 1.82) is 0 Å². The van der Waals surface area contributed by atoms with Gasteiger partial charge in [0.15, 0.2) is 0 Å². The van der Waals surface area contributed by atoms with Crippen molar-refractivity contribution in [1.82, 2.24) is 0 Å². The van der Waals surface area contributed by atoms with Crippen molar-refractivity contribution >= 4 is 0 Å². The van der Waals surface area contributed by atoms with E-state index in [1.807, 2.05) is 12.1 Å². The van der Waals surface area contributed by atoms with Crippen LogP contribution in [-0.2, 0) is 0 Å². The van der Waals surface area contributed by atoms with Crippen LogP contribution in [0.3, 0.4) is 0 Å². The average Bonchev–Trinajstić information content (AvgIpc) is 3.11. The third-order valence-corrected chi connectivity index (χ3v) is 5.68. The van der Waals surface area contributed by atoms with Gasteiger partial charge >= 0.3 is 0 Å². The molecule has 0 saturated heterocycles. The molecule has 1 aromatic rings. The topological polar surface area (TPSA) is 55.5 Å². The van der Waals surface area contributed by atoms with Crippen LogP contribution in [0.4, 0.5) is 0 Å². The minimum atomic E-state index is -0.346. The maximum Gasteiger partial charge on any atom is 0.122 e. The molecule has 0 aromatic heterocycles. The second-order valence-electron chi connectivity index (χ2n) is 6.92. The molecule has 0 radical (unpaired) electrons. The largest absolute Gasteiger partial charge is 0.496 e. The molecule has 5 atom stereocenters. The third kappa shape index (κ3) is 2.69. The van der Waals surface area contributed by atoms with E-state index in [4.69, 9.17) is 10.5 Å². The molecule has 1 aromatic carbocycles. The summed E-state index contributed by atoms with van der Waals surface area (Å²) in [6.07, 6.45) is 4.78. The van der Waals surface area contributed by atoms with E-state index < -0.39 is 0 Å². The van der Waals surface area contributed by atoms with Crippen LogP contribution in [0, 0.1) is 24.7 Å². The number of nitrogens with two attached hydrogens (primary N) is 1. The number of aryl methyl sites for hydroxylation is 1. The molecule has 2 saturated carbocycles. The number of ether oxygens (including phenoxy) is 1. The fraction of sp³-hybridized carbons (Fsp3) is 0.667. The number of aliphatic hydroxyl groups excluding tert-OH is 1. The zero-order chi connectivity index (χ0) is 15.0. The van der Waals surface area contributed by atoms with Crippen LogP contribution >= 0.6 is 0 Å². The Balaban J connectivity index is 1.86. The van der Waals surface area contributed by atoms with E-state index in [2.05, 4.69) is 13.0 Å². The van der Waals surface area contributed by atoms with E-state index in [1.54, 1.807) is 7.11 Å². The van der Waals surface area contributed by atoms with Crippen molar-refractivity contribution in [3.8, 4) is 5.75 Å². The van der Waals surface area contributed by atoms with Gasteiger partial charge in [-0.05, 0) is 50.0 Å². The zero-order valence-electron chi connectivity index (χ0n) is 13.1. The molecule has 5 unspecified atom stereocenters. The Morgan fingerprint density at radius 2 is 2.14 bits per heavy atom. The van der Waals surface area contributed by atoms with Crippen LogP contribution in [0.1, 0.15) is 42.7 Å². The first-order valence-corrected chi connectivity index (χ1v) is 8.16. The second-order valence-corrected chi connectivity index (χ2v) is 6.92. The van der Waals surface area contributed by atoms with Crippen molar-refractivity contribution in [2.75, 3.05) is 13.7 Å². The summed E-state index contributed by atoms with van der Waals surface area (Å²) in [7, 11) is 1.69. The first-order valence-electron chi connectivity index (χ1n) is 8.16. The molecule has 2 aliphatic rings. The van der Waals surface area contributed by atoms with Crippen LogP contribution in [-0.4, -0.2) is 24.9 Å². The summed E-state index contributed by atoms with van der Waals surface area (Å²) in [5, 5.41) is 11.0. The standard InChI is InChI=1S/C18H27NO2/c1-11-3-6-17(21-2)15(7-11)16(10-19)18(20)14-9-12-4-5-13(14)8-12/h3,6-7,12-14,16,18,20H,4-5,8-10,19H2,1-2H3. The van der Waals surface area contributed by atoms with Crippen molar-refractivity contribution in [2.24, 2.45) is 23.5 Å². The second kappa shape index (κ2) is 5.98. The molecular weight excluding hydrogens is 262 g/mol. The lowest BCUT2D eigenvalue weighted by Gasteiger charge is -2.33. The van der Waals surface area contributed by atoms with E-state index in [9.17, 15) is 5.11 Å². The van der Waals surface area contributed by atoms with Crippen molar-refractivity contribution in [3.05, 3.63) is 29.3 Å². The van der Waals surface area contributed by atoms with E-state index in [0.29, 0.717) is 18.4 Å². The van der Waals surface area contributed by atoms with Gasteiger partial charge in [0.05, 0.1) is 13.2 Å². The van der Waals surface area contributed by atoms with Crippen LogP contribution in [0.2, 0.25) is 0 Å². The summed E-state index contributed by atoms with van der Waals surface area (Å²) in [5.74, 6) is 2.78. The van der Waals surface area contributed by atoms with Crippen molar-refractivity contribution < 1.29 is 9.84 Å². The Labute approximate surface area is 127 Å². The highest BCUT2D eigenvalue weighted by Crippen LogP contribution is 2.51. The lowest BCUT2D eigenvalue weighted by molar-refractivity contribution is 0.0525. The van der Waals surface area contributed by atoms with E-state index in [-0.39, 0.29) is 12.0 Å². The molecule has 0 amide bonds.